The van der Waals surface area contributed by atoms with Gasteiger partial charge < -0.3 is 47.4 Å². The van der Waals surface area contributed by atoms with E-state index in [1.807, 2.05) is 0 Å². The minimum Gasteiger partial charge on any atom is -0.493 e. The summed E-state index contributed by atoms with van der Waals surface area (Å²) in [4.78, 5) is 0. The third-order valence-corrected chi connectivity index (χ3v) is 7.39. The zero-order valence-corrected chi connectivity index (χ0v) is 29.7. The van der Waals surface area contributed by atoms with E-state index < -0.39 is 0 Å². The Balaban J connectivity index is 1.89. The first kappa shape index (κ1) is 36.4. The molecular weight excluding hydrogens is 640 g/mol. The maximum absolute atomic E-state index is 5.59. The Kier molecular flexibility index (Phi) is 12.5. The summed E-state index contributed by atoms with van der Waals surface area (Å²) in [7, 11) is 15.5. The van der Waals surface area contributed by atoms with Crippen LogP contribution < -0.4 is 47.4 Å². The Labute approximate surface area is 293 Å². The molecule has 50 heavy (non-hydrogen) atoms. The molecule has 0 aromatic heterocycles. The van der Waals surface area contributed by atoms with Gasteiger partial charge in [0.1, 0.15) is 0 Å². The van der Waals surface area contributed by atoms with E-state index in [4.69, 9.17) is 47.4 Å². The first-order valence-corrected chi connectivity index (χ1v) is 15.0. The molecule has 10 nitrogen and oxygen atoms in total. The fraction of sp³-hybridized carbons (Fsp3) is 0.250. The van der Waals surface area contributed by atoms with Crippen molar-refractivity contribution in [2.75, 3.05) is 71.1 Å². The van der Waals surface area contributed by atoms with Gasteiger partial charge in [0.05, 0.1) is 71.1 Å². The monoisotopic (exact) mass is 678 g/mol. The van der Waals surface area contributed by atoms with Gasteiger partial charge in [-0.15, -0.1) is 0 Å². The van der Waals surface area contributed by atoms with Crippen molar-refractivity contribution in [1.82, 2.24) is 0 Å². The molecule has 4 rings (SSSR count). The number of hydrogen-bond donors (Lipinski definition) is 0. The second-order valence-corrected chi connectivity index (χ2v) is 10.1. The first-order valence-electron chi connectivity index (χ1n) is 15.0. The second-order valence-electron chi connectivity index (χ2n) is 10.1. The molecule has 4 aromatic carbocycles. The lowest BCUT2D eigenvalue weighted by Gasteiger charge is -2.12. The van der Waals surface area contributed by atoms with E-state index in [-0.39, 0.29) is 0 Å². The molecule has 0 fully saturated rings. The van der Waals surface area contributed by atoms with Gasteiger partial charge >= 0.3 is 0 Å². The summed E-state index contributed by atoms with van der Waals surface area (Å²) in [5, 5.41) is 0. The van der Waals surface area contributed by atoms with Crippen molar-refractivity contribution in [3.63, 3.8) is 0 Å². The number of methoxy groups -OCH3 is 10. The molecule has 0 saturated heterocycles. The maximum atomic E-state index is 5.59. The highest BCUT2D eigenvalue weighted by Crippen LogP contribution is 2.39. The minimum atomic E-state index is 0.470. The first-order chi connectivity index (χ1) is 24.3. The van der Waals surface area contributed by atoms with Gasteiger partial charge in [-0.3, -0.25) is 0 Å². The molecule has 0 saturated carbocycles. The van der Waals surface area contributed by atoms with E-state index in [1.54, 1.807) is 120 Å². The highest BCUT2D eigenvalue weighted by Gasteiger charge is 2.15. The average molecular weight is 679 g/mol. The smallest absolute Gasteiger partial charge is 0.203 e. The highest BCUT2D eigenvalue weighted by atomic mass is 16.5. The quantitative estimate of drug-likeness (QED) is 0.187. The summed E-state index contributed by atoms with van der Waals surface area (Å²) in [6, 6.07) is 14.2. The molecule has 258 valence electrons. The molecule has 0 aliphatic heterocycles. The summed E-state index contributed by atoms with van der Waals surface area (Å²) in [6.07, 6.45) is 0. The van der Waals surface area contributed by atoms with Crippen LogP contribution in [0.25, 0.3) is 0 Å². The molecule has 10 heteroatoms. The number of hydrogen-bond acceptors (Lipinski definition) is 10. The van der Waals surface area contributed by atoms with Crippen LogP contribution in [0, 0.1) is 35.5 Å². The van der Waals surface area contributed by atoms with Gasteiger partial charge in [-0.05, 0) is 24.3 Å². The van der Waals surface area contributed by atoms with Crippen LogP contribution in [0.4, 0.5) is 0 Å². The van der Waals surface area contributed by atoms with Gasteiger partial charge in [0.25, 0.3) is 0 Å². The molecule has 0 unspecified atom stereocenters. The van der Waals surface area contributed by atoms with E-state index in [2.05, 4.69) is 35.5 Å². The summed E-state index contributed by atoms with van der Waals surface area (Å²) in [6.45, 7) is 0. The molecule has 0 N–H and O–H groups in total. The molecule has 0 atom stereocenters. The zero-order valence-electron chi connectivity index (χ0n) is 29.7. The van der Waals surface area contributed by atoms with Crippen LogP contribution in [-0.2, 0) is 0 Å². The van der Waals surface area contributed by atoms with Crippen LogP contribution in [0.3, 0.4) is 0 Å². The SMILES string of the molecule is COc1cc(C#Cc2cc(OC)c(OC)c(OC)c2)c(C#Cc2cc(OC)c(OC)cc2C#Cc2cc(OC)c(OC)c(OC)c2)cc1OC. The van der Waals surface area contributed by atoms with E-state index in [1.165, 1.54) is 0 Å². The van der Waals surface area contributed by atoms with Crippen LogP contribution in [0.2, 0.25) is 0 Å². The Bertz CT molecular complexity index is 1850. The number of rotatable bonds is 10. The van der Waals surface area contributed by atoms with Crippen LogP contribution in [-0.4, -0.2) is 71.1 Å². The van der Waals surface area contributed by atoms with Crippen molar-refractivity contribution in [2.24, 2.45) is 0 Å². The van der Waals surface area contributed by atoms with Gasteiger partial charge in [0.2, 0.25) is 11.5 Å². The molecule has 0 bridgehead atoms. The lowest BCUT2D eigenvalue weighted by atomic mass is 10.0. The summed E-state index contributed by atoms with van der Waals surface area (Å²) in [5.41, 5.74) is 3.63. The number of benzene rings is 4. The normalized spacial score (nSPS) is 9.72. The molecule has 0 radical (unpaired) electrons. The van der Waals surface area contributed by atoms with Gasteiger partial charge in [-0.2, -0.15) is 0 Å². The Hall–Kier alpha value is -6.44. The predicted octanol–water partition coefficient (Wildman–Crippen LogP) is 5.97. The fourth-order valence-corrected chi connectivity index (χ4v) is 4.89. The second kappa shape index (κ2) is 17.1. The Morgan fingerprint density at radius 2 is 0.480 bits per heavy atom. The summed E-state index contributed by atoms with van der Waals surface area (Å²) < 4.78 is 55.2. The Morgan fingerprint density at radius 1 is 0.260 bits per heavy atom. The van der Waals surface area contributed by atoms with E-state index in [9.17, 15) is 0 Å². The lowest BCUT2D eigenvalue weighted by Crippen LogP contribution is -1.97. The lowest BCUT2D eigenvalue weighted by molar-refractivity contribution is 0.324. The molecule has 0 heterocycles. The van der Waals surface area contributed by atoms with Crippen molar-refractivity contribution in [2.45, 2.75) is 0 Å². The van der Waals surface area contributed by atoms with E-state index in [0.29, 0.717) is 90.9 Å². The molecule has 0 spiro atoms. The maximum Gasteiger partial charge on any atom is 0.203 e. The van der Waals surface area contributed by atoms with E-state index in [0.717, 1.165) is 0 Å². The molecule has 4 aromatic rings. The van der Waals surface area contributed by atoms with Crippen molar-refractivity contribution >= 4 is 0 Å². The number of ether oxygens (including phenoxy) is 10. The largest absolute Gasteiger partial charge is 0.493 e. The topological polar surface area (TPSA) is 92.3 Å². The van der Waals surface area contributed by atoms with Crippen LogP contribution in [0.15, 0.2) is 48.5 Å². The van der Waals surface area contributed by atoms with Gasteiger partial charge in [0, 0.05) is 57.6 Å². The molecule has 0 aliphatic carbocycles. The predicted molar refractivity (Wildman–Crippen MR) is 189 cm³/mol. The standard InChI is InChI=1S/C40H38O10/c1-41-31-21-27(13-11-25-17-35(45-5)39(49-9)36(18-25)46-6)29(23-33(31)43-3)15-16-30-24-34(44-4)32(42-2)22-28(30)14-12-26-19-37(47-7)40(50-10)38(20-26)48-8/h17-24H,1-10H3. The fourth-order valence-electron chi connectivity index (χ4n) is 4.89. The third kappa shape index (κ3) is 7.98. The summed E-state index contributed by atoms with van der Waals surface area (Å²) in [5.74, 6) is 24.2. The van der Waals surface area contributed by atoms with E-state index >= 15 is 0 Å². The minimum absolute atomic E-state index is 0.470. The molecular formula is C40H38O10. The van der Waals surface area contributed by atoms with Gasteiger partial charge in [-0.25, -0.2) is 0 Å². The van der Waals surface area contributed by atoms with Crippen molar-refractivity contribution in [3.8, 4) is 93.0 Å². The third-order valence-electron chi connectivity index (χ3n) is 7.39. The van der Waals surface area contributed by atoms with Crippen LogP contribution in [0.5, 0.6) is 57.5 Å². The van der Waals surface area contributed by atoms with Crippen LogP contribution in [0.1, 0.15) is 33.4 Å². The summed E-state index contributed by atoms with van der Waals surface area (Å²) >= 11 is 0. The van der Waals surface area contributed by atoms with Crippen molar-refractivity contribution < 1.29 is 47.4 Å². The van der Waals surface area contributed by atoms with Crippen LogP contribution >= 0.6 is 0 Å². The van der Waals surface area contributed by atoms with Crippen molar-refractivity contribution in [1.29, 1.82) is 0 Å². The zero-order chi connectivity index (χ0) is 36.2. The highest BCUT2D eigenvalue weighted by molar-refractivity contribution is 5.66. The van der Waals surface area contributed by atoms with Crippen molar-refractivity contribution in [3.05, 3.63) is 81.9 Å². The molecule has 0 aliphatic rings. The molecule has 0 amide bonds. The Morgan fingerprint density at radius 3 is 0.680 bits per heavy atom. The van der Waals surface area contributed by atoms with Gasteiger partial charge in [-0.1, -0.05) is 35.5 Å². The van der Waals surface area contributed by atoms with Gasteiger partial charge in [0.15, 0.2) is 46.0 Å². The average Bonchev–Trinajstić information content (AvgIpc) is 3.16.